The summed E-state index contributed by atoms with van der Waals surface area (Å²) in [6, 6.07) is 1.55. The Balaban J connectivity index is 2.75. The zero-order chi connectivity index (χ0) is 13.5. The minimum absolute atomic E-state index is 0.0206. The van der Waals surface area contributed by atoms with E-state index in [-0.39, 0.29) is 18.1 Å². The Morgan fingerprint density at radius 1 is 1.61 bits per heavy atom. The molecule has 0 aromatic carbocycles. The summed E-state index contributed by atoms with van der Waals surface area (Å²) in [5.74, 6) is 0.0206. The molecule has 1 aromatic rings. The molecule has 0 amide bonds. The summed E-state index contributed by atoms with van der Waals surface area (Å²) in [4.78, 5) is 13.7. The number of methoxy groups -OCH3 is 1. The average Bonchev–Trinajstić information content (AvgIpc) is 2.38. The molecule has 0 aliphatic carbocycles. The monoisotopic (exact) mass is 255 g/mol. The van der Waals surface area contributed by atoms with Crippen molar-refractivity contribution in [2.45, 2.75) is 13.5 Å². The molecule has 0 bridgehead atoms. The molecule has 1 heterocycles. The summed E-state index contributed by atoms with van der Waals surface area (Å²) in [6.07, 6.45) is 1.65. The van der Waals surface area contributed by atoms with Crippen LogP contribution in [0.1, 0.15) is 6.92 Å². The first-order valence-electron chi connectivity index (χ1n) is 5.96. The van der Waals surface area contributed by atoms with Crippen LogP contribution in [0.3, 0.4) is 0 Å². The van der Waals surface area contributed by atoms with Crippen LogP contribution in [0.2, 0.25) is 0 Å². The van der Waals surface area contributed by atoms with Crippen molar-refractivity contribution in [3.8, 4) is 0 Å². The third-order valence-electron chi connectivity index (χ3n) is 2.72. The quantitative estimate of drug-likeness (QED) is 0.740. The molecule has 1 rings (SSSR count). The van der Waals surface area contributed by atoms with Crippen LogP contribution in [-0.4, -0.2) is 48.8 Å². The van der Waals surface area contributed by atoms with Crippen LogP contribution in [0.15, 0.2) is 17.1 Å². The first-order valence-corrected chi connectivity index (χ1v) is 5.96. The Hall–Kier alpha value is -1.40. The molecule has 18 heavy (non-hydrogen) atoms. The molecule has 0 aliphatic heterocycles. The highest BCUT2D eigenvalue weighted by Gasteiger charge is 2.07. The number of rotatable bonds is 7. The second kappa shape index (κ2) is 7.13. The fraction of sp³-hybridized carbons (Fsp3) is 0.667. The summed E-state index contributed by atoms with van der Waals surface area (Å²) in [6.45, 7) is 3.64. The molecule has 6 heteroatoms. The van der Waals surface area contributed by atoms with Crippen LogP contribution in [0.25, 0.3) is 0 Å². The van der Waals surface area contributed by atoms with E-state index in [1.54, 1.807) is 19.4 Å². The maximum Gasteiger partial charge on any atom is 0.268 e. The van der Waals surface area contributed by atoms with Gasteiger partial charge in [-0.25, -0.2) is 4.68 Å². The predicted molar refractivity (Wildman–Crippen MR) is 69.9 cm³/mol. The largest absolute Gasteiger partial charge is 0.396 e. The van der Waals surface area contributed by atoms with E-state index in [0.29, 0.717) is 19.7 Å². The number of hydrogen-bond acceptors (Lipinski definition) is 5. The summed E-state index contributed by atoms with van der Waals surface area (Å²) in [5, 5.41) is 13.1. The van der Waals surface area contributed by atoms with Gasteiger partial charge >= 0.3 is 0 Å². The molecule has 0 spiro atoms. The van der Waals surface area contributed by atoms with Crippen molar-refractivity contribution in [1.29, 1.82) is 0 Å². The van der Waals surface area contributed by atoms with Gasteiger partial charge in [0.15, 0.2) is 0 Å². The van der Waals surface area contributed by atoms with E-state index in [1.807, 2.05) is 18.9 Å². The van der Waals surface area contributed by atoms with Gasteiger partial charge in [-0.05, 0) is 5.92 Å². The Kier molecular flexibility index (Phi) is 5.80. The molecule has 1 aromatic heterocycles. The van der Waals surface area contributed by atoms with Crippen molar-refractivity contribution in [3.05, 3.63) is 22.6 Å². The highest BCUT2D eigenvalue weighted by Crippen LogP contribution is 2.06. The molecular formula is C12H21N3O3. The molecule has 0 fully saturated rings. The lowest BCUT2D eigenvalue weighted by Gasteiger charge is -2.18. The van der Waals surface area contributed by atoms with Crippen molar-refractivity contribution < 1.29 is 9.84 Å². The van der Waals surface area contributed by atoms with Crippen LogP contribution in [-0.2, 0) is 11.3 Å². The minimum atomic E-state index is -0.155. The number of hydrogen-bond donors (Lipinski definition) is 1. The van der Waals surface area contributed by atoms with E-state index >= 15 is 0 Å². The van der Waals surface area contributed by atoms with Crippen LogP contribution >= 0.6 is 0 Å². The van der Waals surface area contributed by atoms with Crippen LogP contribution in [0, 0.1) is 5.92 Å². The van der Waals surface area contributed by atoms with Gasteiger partial charge in [-0.2, -0.15) is 5.10 Å². The SMILES string of the molecule is COCCN(C)c1cnn(CC(C)CO)c(=O)c1. The molecule has 1 atom stereocenters. The molecule has 0 radical (unpaired) electrons. The molecule has 1 unspecified atom stereocenters. The van der Waals surface area contributed by atoms with Gasteiger partial charge in [-0.15, -0.1) is 0 Å². The van der Waals surface area contributed by atoms with Crippen molar-refractivity contribution >= 4 is 5.69 Å². The summed E-state index contributed by atoms with van der Waals surface area (Å²) in [5.41, 5.74) is 0.613. The topological polar surface area (TPSA) is 67.6 Å². The lowest BCUT2D eigenvalue weighted by molar-refractivity contribution is 0.206. The van der Waals surface area contributed by atoms with Gasteiger partial charge in [0, 0.05) is 39.9 Å². The van der Waals surface area contributed by atoms with Gasteiger partial charge in [0.05, 0.1) is 18.5 Å². The average molecular weight is 255 g/mol. The Morgan fingerprint density at radius 3 is 2.89 bits per heavy atom. The normalized spacial score (nSPS) is 12.4. The zero-order valence-corrected chi connectivity index (χ0v) is 11.2. The number of aromatic nitrogens is 2. The number of nitrogens with zero attached hydrogens (tertiary/aromatic N) is 3. The lowest BCUT2D eigenvalue weighted by atomic mass is 10.2. The fourth-order valence-corrected chi connectivity index (χ4v) is 1.48. The van der Waals surface area contributed by atoms with Gasteiger partial charge in [0.1, 0.15) is 0 Å². The number of likely N-dealkylation sites (N-methyl/N-ethyl adjacent to an activating group) is 1. The number of anilines is 1. The molecule has 6 nitrogen and oxygen atoms in total. The summed E-state index contributed by atoms with van der Waals surface area (Å²) < 4.78 is 6.35. The highest BCUT2D eigenvalue weighted by molar-refractivity contribution is 5.41. The minimum Gasteiger partial charge on any atom is -0.396 e. The van der Waals surface area contributed by atoms with Crippen LogP contribution in [0.5, 0.6) is 0 Å². The van der Waals surface area contributed by atoms with E-state index in [0.717, 1.165) is 5.69 Å². The van der Waals surface area contributed by atoms with Crippen LogP contribution < -0.4 is 10.5 Å². The van der Waals surface area contributed by atoms with E-state index in [4.69, 9.17) is 9.84 Å². The highest BCUT2D eigenvalue weighted by atomic mass is 16.5. The smallest absolute Gasteiger partial charge is 0.268 e. The Bertz CT molecular complexity index is 419. The maximum absolute atomic E-state index is 11.8. The molecule has 1 N–H and O–H groups in total. The van der Waals surface area contributed by atoms with E-state index < -0.39 is 0 Å². The third kappa shape index (κ3) is 4.12. The zero-order valence-electron chi connectivity index (χ0n) is 11.2. The van der Waals surface area contributed by atoms with Crippen molar-refractivity contribution in [1.82, 2.24) is 9.78 Å². The van der Waals surface area contributed by atoms with Crippen LogP contribution in [0.4, 0.5) is 5.69 Å². The van der Waals surface area contributed by atoms with Gasteiger partial charge in [-0.3, -0.25) is 4.79 Å². The maximum atomic E-state index is 11.8. The van der Waals surface area contributed by atoms with E-state index in [1.165, 1.54) is 4.68 Å². The predicted octanol–water partition coefficient (Wildman–Crippen LogP) is -0.0457. The van der Waals surface area contributed by atoms with Crippen molar-refractivity contribution in [2.24, 2.45) is 5.92 Å². The molecule has 0 aliphatic rings. The molecule has 102 valence electrons. The molecular weight excluding hydrogens is 234 g/mol. The number of aliphatic hydroxyl groups excluding tert-OH is 1. The van der Waals surface area contributed by atoms with Gasteiger partial charge < -0.3 is 14.7 Å². The summed E-state index contributed by atoms with van der Waals surface area (Å²) in [7, 11) is 3.52. The standard InChI is InChI=1S/C12H21N3O3/c1-10(9-16)8-15-12(17)6-11(7-13-15)14(2)4-5-18-3/h6-7,10,16H,4-5,8-9H2,1-3H3. The second-order valence-electron chi connectivity index (χ2n) is 4.44. The fourth-order valence-electron chi connectivity index (χ4n) is 1.48. The second-order valence-corrected chi connectivity index (χ2v) is 4.44. The van der Waals surface area contributed by atoms with E-state index in [2.05, 4.69) is 5.10 Å². The van der Waals surface area contributed by atoms with Gasteiger partial charge in [0.2, 0.25) is 0 Å². The lowest BCUT2D eigenvalue weighted by Crippen LogP contribution is -2.29. The molecule has 0 saturated heterocycles. The first kappa shape index (κ1) is 14.7. The van der Waals surface area contributed by atoms with Crippen molar-refractivity contribution in [3.63, 3.8) is 0 Å². The third-order valence-corrected chi connectivity index (χ3v) is 2.72. The summed E-state index contributed by atoms with van der Waals surface area (Å²) >= 11 is 0. The Labute approximate surface area is 107 Å². The number of aliphatic hydroxyl groups is 1. The van der Waals surface area contributed by atoms with Crippen molar-refractivity contribution in [2.75, 3.05) is 38.8 Å². The van der Waals surface area contributed by atoms with Gasteiger partial charge in [0.25, 0.3) is 5.56 Å². The molecule has 0 saturated carbocycles. The van der Waals surface area contributed by atoms with E-state index in [9.17, 15) is 4.79 Å². The number of ether oxygens (including phenoxy) is 1. The first-order chi connectivity index (χ1) is 8.58. The Morgan fingerprint density at radius 2 is 2.33 bits per heavy atom. The van der Waals surface area contributed by atoms with Gasteiger partial charge in [-0.1, -0.05) is 6.92 Å².